The molecule has 2 heterocycles. The van der Waals surface area contributed by atoms with Gasteiger partial charge in [0.1, 0.15) is 6.04 Å². The predicted molar refractivity (Wildman–Crippen MR) is 112 cm³/mol. The summed E-state index contributed by atoms with van der Waals surface area (Å²) in [6.45, 7) is 0. The van der Waals surface area contributed by atoms with Gasteiger partial charge in [-0.25, -0.2) is 4.98 Å². The minimum absolute atomic E-state index is 0.342. The highest BCUT2D eigenvalue weighted by Gasteiger charge is 2.42. The maximum Gasteiger partial charge on any atom is 0.262 e. The monoisotopic (exact) mass is 411 g/mol. The molecular weight excluding hydrogens is 394 g/mol. The molecule has 1 aliphatic rings. The molecule has 0 saturated carbocycles. The Morgan fingerprint density at radius 2 is 1.75 bits per heavy atom. The quantitative estimate of drug-likeness (QED) is 0.627. The number of para-hydroxylation sites is 1. The van der Waals surface area contributed by atoms with E-state index in [9.17, 15) is 14.4 Å². The number of thioether (sulfide) groups is 1. The average Bonchev–Trinajstić information content (AvgIpc) is 3.22. The fourth-order valence-electron chi connectivity index (χ4n) is 3.21. The van der Waals surface area contributed by atoms with Crippen molar-refractivity contribution in [1.29, 1.82) is 0 Å². The second kappa shape index (κ2) is 7.73. The first-order chi connectivity index (χ1) is 13.6. The molecule has 1 aromatic heterocycles. The van der Waals surface area contributed by atoms with E-state index in [1.54, 1.807) is 36.0 Å². The first-order valence-corrected chi connectivity index (χ1v) is 10.9. The van der Waals surface area contributed by atoms with Crippen molar-refractivity contribution in [3.8, 4) is 0 Å². The largest absolute Gasteiger partial charge is 0.300 e. The van der Waals surface area contributed by atoms with Crippen molar-refractivity contribution in [2.24, 2.45) is 0 Å². The summed E-state index contributed by atoms with van der Waals surface area (Å²) in [6, 6.07) is 13.4. The lowest BCUT2D eigenvalue weighted by molar-refractivity contribution is -0.120. The first kappa shape index (κ1) is 18.6. The average molecular weight is 412 g/mol. The Bertz CT molecular complexity index is 1010. The van der Waals surface area contributed by atoms with Gasteiger partial charge in [-0.3, -0.25) is 19.3 Å². The van der Waals surface area contributed by atoms with Crippen LogP contribution in [-0.4, -0.2) is 45.7 Å². The molecule has 0 aliphatic carbocycles. The summed E-state index contributed by atoms with van der Waals surface area (Å²) in [5.74, 6) is -0.606. The summed E-state index contributed by atoms with van der Waals surface area (Å²) in [4.78, 5) is 44.2. The van der Waals surface area contributed by atoms with Gasteiger partial charge in [-0.2, -0.15) is 11.8 Å². The summed E-state index contributed by atoms with van der Waals surface area (Å²) in [5, 5.41) is 3.25. The number of amides is 3. The molecule has 4 rings (SSSR count). The summed E-state index contributed by atoms with van der Waals surface area (Å²) in [7, 11) is 0. The van der Waals surface area contributed by atoms with Crippen LogP contribution in [0.2, 0.25) is 0 Å². The lowest BCUT2D eigenvalue weighted by Crippen LogP contribution is -2.47. The van der Waals surface area contributed by atoms with Gasteiger partial charge in [0.15, 0.2) is 5.13 Å². The Hall–Kier alpha value is -2.71. The number of hydrogen-bond donors (Lipinski definition) is 1. The van der Waals surface area contributed by atoms with Crippen molar-refractivity contribution < 1.29 is 14.4 Å². The maximum absolute atomic E-state index is 13.0. The molecule has 0 saturated heterocycles. The molecule has 1 N–H and O–H groups in total. The second-order valence-electron chi connectivity index (χ2n) is 6.30. The minimum atomic E-state index is -0.883. The Balaban J connectivity index is 1.61. The van der Waals surface area contributed by atoms with Crippen LogP contribution in [0.4, 0.5) is 5.13 Å². The van der Waals surface area contributed by atoms with E-state index in [-0.39, 0.29) is 0 Å². The Morgan fingerprint density at radius 3 is 2.39 bits per heavy atom. The first-order valence-electron chi connectivity index (χ1n) is 8.72. The van der Waals surface area contributed by atoms with Crippen molar-refractivity contribution in [1.82, 2.24) is 9.88 Å². The molecule has 3 amide bonds. The standard InChI is InChI=1S/C20H17N3O3S2/c1-27-11-10-15(23-18(25)12-6-2-3-7-13(12)19(23)26)17(24)22-20-21-14-8-4-5-9-16(14)28-20/h2-9,15H,10-11H2,1H3,(H,21,22,24)/t15-/m0/s1. The van der Waals surface area contributed by atoms with E-state index in [0.717, 1.165) is 15.1 Å². The summed E-state index contributed by atoms with van der Waals surface area (Å²) in [6.07, 6.45) is 2.30. The SMILES string of the molecule is CSCC[C@@H](C(=O)Nc1nc2ccccc2s1)N1C(=O)c2ccccc2C1=O. The number of carbonyl (C=O) groups excluding carboxylic acids is 3. The molecular formula is C20H17N3O3S2. The van der Waals surface area contributed by atoms with E-state index in [2.05, 4.69) is 10.3 Å². The highest BCUT2D eigenvalue weighted by atomic mass is 32.2. The van der Waals surface area contributed by atoms with Crippen LogP contribution in [0.3, 0.4) is 0 Å². The Kier molecular flexibility index (Phi) is 5.15. The van der Waals surface area contributed by atoms with Gasteiger partial charge in [-0.15, -0.1) is 0 Å². The second-order valence-corrected chi connectivity index (χ2v) is 8.32. The van der Waals surface area contributed by atoms with Gasteiger partial charge >= 0.3 is 0 Å². The van der Waals surface area contributed by atoms with Gasteiger partial charge in [-0.05, 0) is 42.7 Å². The molecule has 1 atom stereocenters. The molecule has 142 valence electrons. The number of hydrogen-bond acceptors (Lipinski definition) is 6. The normalized spacial score (nSPS) is 14.4. The number of anilines is 1. The topological polar surface area (TPSA) is 79.4 Å². The van der Waals surface area contributed by atoms with E-state index in [1.165, 1.54) is 11.3 Å². The number of nitrogens with one attached hydrogen (secondary N) is 1. The van der Waals surface area contributed by atoms with Crippen LogP contribution in [-0.2, 0) is 4.79 Å². The van der Waals surface area contributed by atoms with Gasteiger partial charge in [0.2, 0.25) is 5.91 Å². The van der Waals surface area contributed by atoms with Gasteiger partial charge in [0.05, 0.1) is 21.3 Å². The van der Waals surface area contributed by atoms with E-state index in [0.29, 0.717) is 28.4 Å². The smallest absolute Gasteiger partial charge is 0.262 e. The number of fused-ring (bicyclic) bond motifs is 2. The third kappa shape index (κ3) is 3.29. The molecule has 0 fully saturated rings. The molecule has 0 unspecified atom stereocenters. The highest BCUT2D eigenvalue weighted by molar-refractivity contribution is 7.98. The number of nitrogens with zero attached hydrogens (tertiary/aromatic N) is 2. The predicted octanol–water partition coefficient (Wildman–Crippen LogP) is 3.65. The van der Waals surface area contributed by atoms with Crippen molar-refractivity contribution >= 4 is 56.2 Å². The number of thiazole rings is 1. The van der Waals surface area contributed by atoms with Crippen LogP contribution in [0, 0.1) is 0 Å². The molecule has 0 spiro atoms. The van der Waals surface area contributed by atoms with E-state index >= 15 is 0 Å². The zero-order chi connectivity index (χ0) is 19.7. The van der Waals surface area contributed by atoms with Gasteiger partial charge < -0.3 is 5.32 Å². The molecule has 28 heavy (non-hydrogen) atoms. The van der Waals surface area contributed by atoms with Crippen LogP contribution in [0.5, 0.6) is 0 Å². The molecule has 1 aliphatic heterocycles. The van der Waals surface area contributed by atoms with Crippen molar-refractivity contribution in [2.45, 2.75) is 12.5 Å². The van der Waals surface area contributed by atoms with Crippen LogP contribution in [0.25, 0.3) is 10.2 Å². The van der Waals surface area contributed by atoms with E-state index in [1.807, 2.05) is 30.5 Å². The third-order valence-corrected chi connectivity index (χ3v) is 6.16. The minimum Gasteiger partial charge on any atom is -0.300 e. The molecule has 8 heteroatoms. The third-order valence-electron chi connectivity index (χ3n) is 4.56. The van der Waals surface area contributed by atoms with Crippen LogP contribution < -0.4 is 5.32 Å². The summed E-state index contributed by atoms with van der Waals surface area (Å²) in [5.41, 5.74) is 1.48. The highest BCUT2D eigenvalue weighted by Crippen LogP contribution is 2.29. The number of aromatic nitrogens is 1. The lowest BCUT2D eigenvalue weighted by atomic mass is 10.1. The number of carbonyl (C=O) groups is 3. The Labute approximate surface area is 169 Å². The molecule has 3 aromatic rings. The molecule has 6 nitrogen and oxygen atoms in total. The van der Waals surface area contributed by atoms with Crippen LogP contribution in [0.15, 0.2) is 48.5 Å². The van der Waals surface area contributed by atoms with Crippen molar-refractivity contribution in [2.75, 3.05) is 17.3 Å². The van der Waals surface area contributed by atoms with Gasteiger partial charge in [-0.1, -0.05) is 35.6 Å². The van der Waals surface area contributed by atoms with Gasteiger partial charge in [0.25, 0.3) is 11.8 Å². The molecule has 0 bridgehead atoms. The number of imide groups is 1. The van der Waals surface area contributed by atoms with E-state index < -0.39 is 23.8 Å². The molecule has 2 aromatic carbocycles. The van der Waals surface area contributed by atoms with Crippen LogP contribution >= 0.6 is 23.1 Å². The van der Waals surface area contributed by atoms with Crippen molar-refractivity contribution in [3.05, 3.63) is 59.7 Å². The lowest BCUT2D eigenvalue weighted by Gasteiger charge is -2.24. The fraction of sp³-hybridized carbons (Fsp3) is 0.200. The number of benzene rings is 2. The Morgan fingerprint density at radius 1 is 1.11 bits per heavy atom. The van der Waals surface area contributed by atoms with Crippen molar-refractivity contribution in [3.63, 3.8) is 0 Å². The zero-order valence-corrected chi connectivity index (χ0v) is 16.7. The fourth-order valence-corrected chi connectivity index (χ4v) is 4.54. The summed E-state index contributed by atoms with van der Waals surface area (Å²) >= 11 is 2.92. The molecule has 0 radical (unpaired) electrons. The van der Waals surface area contributed by atoms with Crippen LogP contribution in [0.1, 0.15) is 27.1 Å². The number of rotatable bonds is 6. The van der Waals surface area contributed by atoms with Gasteiger partial charge in [0, 0.05) is 0 Å². The zero-order valence-electron chi connectivity index (χ0n) is 15.0. The maximum atomic E-state index is 13.0. The van der Waals surface area contributed by atoms with E-state index in [4.69, 9.17) is 0 Å². The summed E-state index contributed by atoms with van der Waals surface area (Å²) < 4.78 is 0.958.